The summed E-state index contributed by atoms with van der Waals surface area (Å²) in [6, 6.07) is 5.70. The number of ether oxygens (including phenoxy) is 1. The van der Waals surface area contributed by atoms with Crippen LogP contribution < -0.4 is 4.74 Å². The van der Waals surface area contributed by atoms with Crippen LogP contribution in [0, 0.1) is 0 Å². The molecule has 1 fully saturated rings. The lowest BCUT2D eigenvalue weighted by atomic mass is 10.1. The van der Waals surface area contributed by atoms with Gasteiger partial charge in [-0.15, -0.1) is 0 Å². The minimum absolute atomic E-state index is 0.182. The molecule has 1 N–H and O–H groups in total. The Morgan fingerprint density at radius 2 is 2.19 bits per heavy atom. The molecule has 0 amide bonds. The predicted molar refractivity (Wildman–Crippen MR) is 103 cm³/mol. The first-order chi connectivity index (χ1) is 12.7. The van der Waals surface area contributed by atoms with E-state index in [2.05, 4.69) is 19.2 Å². The summed E-state index contributed by atoms with van der Waals surface area (Å²) in [7, 11) is 0. The van der Waals surface area contributed by atoms with E-state index < -0.39 is 0 Å². The van der Waals surface area contributed by atoms with Crippen molar-refractivity contribution in [3.05, 3.63) is 35.6 Å². The van der Waals surface area contributed by atoms with E-state index in [4.69, 9.17) is 16.3 Å². The second-order valence-electron chi connectivity index (χ2n) is 6.30. The molecule has 3 heterocycles. The number of hydrogen-bond acceptors (Lipinski definition) is 7. The summed E-state index contributed by atoms with van der Waals surface area (Å²) in [5.41, 5.74) is 2.29. The van der Waals surface area contributed by atoms with E-state index in [0.717, 1.165) is 54.1 Å². The highest BCUT2D eigenvalue weighted by atomic mass is 35.5. The Morgan fingerprint density at radius 1 is 1.31 bits per heavy atom. The van der Waals surface area contributed by atoms with Crippen molar-refractivity contribution in [2.45, 2.75) is 18.9 Å². The standard InChI is InChI=1S/C18H19ClN4O2S/c19-15-13(16-17-18(26-22-16)21-7-6-20-17)3-1-4-14(15)25-10-2-8-23-9-5-12(24)11-23/h1,3-4,6-7,12,24H,2,5,8-11H2. The first-order valence-electron chi connectivity index (χ1n) is 8.61. The zero-order chi connectivity index (χ0) is 17.9. The molecule has 2 aromatic heterocycles. The van der Waals surface area contributed by atoms with Crippen LogP contribution in [0.1, 0.15) is 12.8 Å². The Morgan fingerprint density at radius 3 is 3.04 bits per heavy atom. The van der Waals surface area contributed by atoms with Gasteiger partial charge in [-0.3, -0.25) is 0 Å². The molecule has 1 aromatic carbocycles. The highest BCUT2D eigenvalue weighted by molar-refractivity contribution is 7.13. The van der Waals surface area contributed by atoms with E-state index in [1.54, 1.807) is 12.4 Å². The summed E-state index contributed by atoms with van der Waals surface area (Å²) in [5, 5.41) is 10.1. The fraction of sp³-hybridized carbons (Fsp3) is 0.389. The first kappa shape index (κ1) is 17.6. The van der Waals surface area contributed by atoms with Gasteiger partial charge < -0.3 is 14.7 Å². The number of aliphatic hydroxyl groups is 1. The number of rotatable bonds is 6. The number of hydrogen-bond donors (Lipinski definition) is 1. The number of benzene rings is 1. The first-order valence-corrected chi connectivity index (χ1v) is 9.76. The fourth-order valence-electron chi connectivity index (χ4n) is 3.15. The highest BCUT2D eigenvalue weighted by Crippen LogP contribution is 2.37. The minimum atomic E-state index is -0.182. The van der Waals surface area contributed by atoms with Crippen LogP contribution >= 0.6 is 23.1 Å². The quantitative estimate of drug-likeness (QED) is 0.651. The summed E-state index contributed by atoms with van der Waals surface area (Å²) >= 11 is 7.88. The van der Waals surface area contributed by atoms with Crippen molar-refractivity contribution in [1.82, 2.24) is 19.2 Å². The molecule has 26 heavy (non-hydrogen) atoms. The van der Waals surface area contributed by atoms with Crippen LogP contribution in [-0.2, 0) is 0 Å². The van der Waals surface area contributed by atoms with Crippen LogP contribution in [0.25, 0.3) is 21.6 Å². The van der Waals surface area contributed by atoms with E-state index >= 15 is 0 Å². The van der Waals surface area contributed by atoms with Crippen molar-refractivity contribution in [2.24, 2.45) is 0 Å². The van der Waals surface area contributed by atoms with Gasteiger partial charge >= 0.3 is 0 Å². The molecule has 3 aromatic rings. The molecule has 1 atom stereocenters. The monoisotopic (exact) mass is 390 g/mol. The summed E-state index contributed by atoms with van der Waals surface area (Å²) in [5.74, 6) is 0.649. The predicted octanol–water partition coefficient (Wildman–Crippen LogP) is 3.24. The largest absolute Gasteiger partial charge is 0.492 e. The molecule has 0 bridgehead atoms. The van der Waals surface area contributed by atoms with Gasteiger partial charge in [0.1, 0.15) is 17.0 Å². The molecule has 0 saturated carbocycles. The number of fused-ring (bicyclic) bond motifs is 1. The fourth-order valence-corrected chi connectivity index (χ4v) is 4.13. The molecule has 6 nitrogen and oxygen atoms in total. The zero-order valence-electron chi connectivity index (χ0n) is 14.1. The molecule has 0 aliphatic carbocycles. The molecule has 1 saturated heterocycles. The second kappa shape index (κ2) is 7.84. The van der Waals surface area contributed by atoms with Gasteiger partial charge in [0.15, 0.2) is 4.83 Å². The van der Waals surface area contributed by atoms with Gasteiger partial charge in [-0.05, 0) is 30.4 Å². The molecule has 8 heteroatoms. The minimum Gasteiger partial charge on any atom is -0.492 e. The van der Waals surface area contributed by atoms with Crippen LogP contribution in [0.15, 0.2) is 30.6 Å². The van der Waals surface area contributed by atoms with Gasteiger partial charge in [0.25, 0.3) is 0 Å². The maximum Gasteiger partial charge on any atom is 0.162 e. The molecule has 0 spiro atoms. The summed E-state index contributed by atoms with van der Waals surface area (Å²) < 4.78 is 10.4. The SMILES string of the molecule is OC1CCN(CCCOc2cccc(-c3nsc4nccnc34)c2Cl)C1. The Labute approximate surface area is 160 Å². The number of likely N-dealkylation sites (tertiary alicyclic amines) is 1. The molecule has 4 rings (SSSR count). The summed E-state index contributed by atoms with van der Waals surface area (Å²) in [6.45, 7) is 3.21. The van der Waals surface area contributed by atoms with Crippen molar-refractivity contribution in [2.75, 3.05) is 26.2 Å². The van der Waals surface area contributed by atoms with Crippen molar-refractivity contribution in [1.29, 1.82) is 0 Å². The number of nitrogens with zero attached hydrogens (tertiary/aromatic N) is 4. The molecule has 1 unspecified atom stereocenters. The van der Waals surface area contributed by atoms with Crippen molar-refractivity contribution >= 4 is 33.5 Å². The van der Waals surface area contributed by atoms with Gasteiger partial charge in [0.2, 0.25) is 0 Å². The normalized spacial score (nSPS) is 17.8. The van der Waals surface area contributed by atoms with E-state index in [-0.39, 0.29) is 6.10 Å². The third-order valence-electron chi connectivity index (χ3n) is 4.45. The number of halogens is 1. The third-order valence-corrected chi connectivity index (χ3v) is 5.59. The number of aliphatic hydroxyl groups excluding tert-OH is 1. The molecule has 1 aliphatic rings. The lowest BCUT2D eigenvalue weighted by Crippen LogP contribution is -2.24. The van der Waals surface area contributed by atoms with Crippen LogP contribution in [0.2, 0.25) is 5.02 Å². The molecular formula is C18H19ClN4O2S. The van der Waals surface area contributed by atoms with E-state index in [1.165, 1.54) is 11.5 Å². The molecule has 1 aliphatic heterocycles. The highest BCUT2D eigenvalue weighted by Gasteiger charge is 2.19. The summed E-state index contributed by atoms with van der Waals surface area (Å²) in [4.78, 5) is 11.7. The van der Waals surface area contributed by atoms with Crippen LogP contribution in [0.5, 0.6) is 5.75 Å². The second-order valence-corrected chi connectivity index (χ2v) is 7.43. The van der Waals surface area contributed by atoms with Crippen molar-refractivity contribution in [3.63, 3.8) is 0 Å². The van der Waals surface area contributed by atoms with E-state index in [0.29, 0.717) is 17.4 Å². The van der Waals surface area contributed by atoms with Gasteiger partial charge in [0.05, 0.1) is 17.7 Å². The van der Waals surface area contributed by atoms with Crippen LogP contribution in [0.4, 0.5) is 0 Å². The topological polar surface area (TPSA) is 71.4 Å². The maximum atomic E-state index is 9.56. The average Bonchev–Trinajstić information content (AvgIpc) is 3.26. The van der Waals surface area contributed by atoms with Gasteiger partial charge in [-0.25, -0.2) is 9.97 Å². The Balaban J connectivity index is 1.44. The van der Waals surface area contributed by atoms with Gasteiger partial charge in [0, 0.05) is 37.6 Å². The summed E-state index contributed by atoms with van der Waals surface area (Å²) in [6.07, 6.45) is 4.88. The Kier molecular flexibility index (Phi) is 5.31. The van der Waals surface area contributed by atoms with Crippen LogP contribution in [0.3, 0.4) is 0 Å². The molecule has 136 valence electrons. The maximum absolute atomic E-state index is 9.56. The number of β-amino-alcohol motifs (C(OH)–C–C–N with tert-alkyl or cyclic N) is 1. The van der Waals surface area contributed by atoms with E-state index in [9.17, 15) is 5.11 Å². The van der Waals surface area contributed by atoms with Crippen LogP contribution in [-0.4, -0.2) is 56.7 Å². The van der Waals surface area contributed by atoms with Gasteiger partial charge in [-0.1, -0.05) is 23.7 Å². The average molecular weight is 391 g/mol. The molecule has 0 radical (unpaired) electrons. The third kappa shape index (κ3) is 3.66. The van der Waals surface area contributed by atoms with Crippen molar-refractivity contribution < 1.29 is 9.84 Å². The lowest BCUT2D eigenvalue weighted by molar-refractivity contribution is 0.173. The lowest BCUT2D eigenvalue weighted by Gasteiger charge is -2.15. The van der Waals surface area contributed by atoms with Crippen molar-refractivity contribution in [3.8, 4) is 17.0 Å². The Bertz CT molecular complexity index is 904. The number of aromatic nitrogens is 3. The molecular weight excluding hydrogens is 372 g/mol. The van der Waals surface area contributed by atoms with E-state index in [1.807, 2.05) is 18.2 Å². The van der Waals surface area contributed by atoms with Gasteiger partial charge in [-0.2, -0.15) is 4.37 Å². The Hall–Kier alpha value is -1.80. The smallest absolute Gasteiger partial charge is 0.162 e. The zero-order valence-corrected chi connectivity index (χ0v) is 15.7.